The van der Waals surface area contributed by atoms with Gasteiger partial charge >= 0.3 is 0 Å². The normalized spacial score (nSPS) is 11.2. The molecule has 0 amide bonds. The van der Waals surface area contributed by atoms with E-state index in [-0.39, 0.29) is 0 Å². The first-order valence-corrected chi connectivity index (χ1v) is 5.62. The Morgan fingerprint density at radius 1 is 0.933 bits per heavy atom. The van der Waals surface area contributed by atoms with E-state index in [1.807, 2.05) is 0 Å². The molecule has 0 aliphatic carbocycles. The molecule has 4 nitrogen and oxygen atoms in total. The third-order valence-electron chi connectivity index (χ3n) is 1.78. The Bertz CT molecular complexity index is 120. The van der Waals surface area contributed by atoms with Crippen LogP contribution in [0.4, 0.5) is 0 Å². The van der Waals surface area contributed by atoms with E-state index in [1.54, 1.807) is 7.11 Å². The molecule has 0 aromatic heterocycles. The minimum absolute atomic E-state index is 0.644. The highest BCUT2D eigenvalue weighted by Crippen LogP contribution is 1.86. The molecule has 0 saturated carbocycles. The van der Waals surface area contributed by atoms with Crippen LogP contribution in [-0.2, 0) is 14.2 Å². The lowest BCUT2D eigenvalue weighted by Gasteiger charge is -2.08. The zero-order valence-corrected chi connectivity index (χ0v) is 10.3. The van der Waals surface area contributed by atoms with Gasteiger partial charge < -0.3 is 19.5 Å². The van der Waals surface area contributed by atoms with Gasteiger partial charge in [-0.25, -0.2) is 0 Å². The van der Waals surface area contributed by atoms with Gasteiger partial charge in [-0.2, -0.15) is 0 Å². The molecule has 0 atom stereocenters. The van der Waals surface area contributed by atoms with Crippen molar-refractivity contribution in [3.8, 4) is 0 Å². The minimum atomic E-state index is 0.644. The predicted molar refractivity (Wildman–Crippen MR) is 61.2 cm³/mol. The van der Waals surface area contributed by atoms with Gasteiger partial charge in [0.05, 0.1) is 33.0 Å². The van der Waals surface area contributed by atoms with Crippen molar-refractivity contribution in [1.82, 2.24) is 5.32 Å². The summed E-state index contributed by atoms with van der Waals surface area (Å²) >= 11 is 0. The van der Waals surface area contributed by atoms with Crippen LogP contribution >= 0.6 is 0 Å². The Balaban J connectivity index is 2.87. The van der Waals surface area contributed by atoms with Crippen molar-refractivity contribution in [1.29, 1.82) is 0 Å². The topological polar surface area (TPSA) is 39.7 Å². The summed E-state index contributed by atoms with van der Waals surface area (Å²) in [7, 11) is 1.67. The molecule has 0 rings (SSSR count). The maximum atomic E-state index is 5.37. The number of nitrogens with one attached hydrogen (secondary N) is 1. The molecule has 92 valence electrons. The predicted octanol–water partition coefficient (Wildman–Crippen LogP) is 0.912. The van der Waals surface area contributed by atoms with E-state index in [0.29, 0.717) is 32.3 Å². The maximum absolute atomic E-state index is 5.37. The molecule has 0 bridgehead atoms. The molecule has 0 aliphatic rings. The Morgan fingerprint density at radius 3 is 2.13 bits per heavy atom. The third kappa shape index (κ3) is 13.8. The average Bonchev–Trinajstić information content (AvgIpc) is 2.20. The summed E-state index contributed by atoms with van der Waals surface area (Å²) in [6.07, 6.45) is 0. The van der Waals surface area contributed by atoms with Gasteiger partial charge in [0, 0.05) is 13.7 Å². The fourth-order valence-corrected chi connectivity index (χ4v) is 0.999. The Kier molecular flexibility index (Phi) is 11.8. The monoisotopic (exact) mass is 219 g/mol. The molecule has 0 aromatic carbocycles. The number of hydrogen-bond acceptors (Lipinski definition) is 4. The molecule has 0 spiro atoms. The van der Waals surface area contributed by atoms with Gasteiger partial charge in [0.25, 0.3) is 0 Å². The molecule has 0 heterocycles. The largest absolute Gasteiger partial charge is 0.382 e. The van der Waals surface area contributed by atoms with Crippen molar-refractivity contribution in [3.05, 3.63) is 0 Å². The molecule has 0 aromatic rings. The fourth-order valence-electron chi connectivity index (χ4n) is 0.999. The number of ether oxygens (including phenoxy) is 3. The summed E-state index contributed by atoms with van der Waals surface area (Å²) in [6, 6.07) is 0. The maximum Gasteiger partial charge on any atom is 0.0701 e. The zero-order valence-electron chi connectivity index (χ0n) is 10.3. The van der Waals surface area contributed by atoms with Crippen LogP contribution in [0.1, 0.15) is 13.8 Å². The summed E-state index contributed by atoms with van der Waals surface area (Å²) in [4.78, 5) is 0. The van der Waals surface area contributed by atoms with Crippen LogP contribution in [0.15, 0.2) is 0 Å². The van der Waals surface area contributed by atoms with Crippen molar-refractivity contribution in [2.45, 2.75) is 13.8 Å². The van der Waals surface area contributed by atoms with E-state index in [9.17, 15) is 0 Å². The van der Waals surface area contributed by atoms with Crippen LogP contribution in [0.25, 0.3) is 0 Å². The second kappa shape index (κ2) is 11.9. The van der Waals surface area contributed by atoms with E-state index in [1.165, 1.54) is 0 Å². The molecule has 0 saturated heterocycles. The van der Waals surface area contributed by atoms with E-state index in [0.717, 1.165) is 19.7 Å². The smallest absolute Gasteiger partial charge is 0.0701 e. The zero-order chi connectivity index (χ0) is 11.4. The molecule has 0 aliphatic heterocycles. The van der Waals surface area contributed by atoms with Gasteiger partial charge in [-0.15, -0.1) is 0 Å². The molecule has 4 heteroatoms. The van der Waals surface area contributed by atoms with Crippen molar-refractivity contribution in [3.63, 3.8) is 0 Å². The van der Waals surface area contributed by atoms with Crippen molar-refractivity contribution >= 4 is 0 Å². The molecule has 15 heavy (non-hydrogen) atoms. The summed E-state index contributed by atoms with van der Waals surface area (Å²) in [6.45, 7) is 9.70. The molecule has 0 fully saturated rings. The third-order valence-corrected chi connectivity index (χ3v) is 1.78. The van der Waals surface area contributed by atoms with Crippen molar-refractivity contribution < 1.29 is 14.2 Å². The fraction of sp³-hybridized carbons (Fsp3) is 1.00. The number of rotatable bonds is 11. The number of methoxy groups -OCH3 is 1. The Hall–Kier alpha value is -0.160. The van der Waals surface area contributed by atoms with Crippen molar-refractivity contribution in [2.24, 2.45) is 5.92 Å². The van der Waals surface area contributed by atoms with Gasteiger partial charge in [0.15, 0.2) is 0 Å². The van der Waals surface area contributed by atoms with E-state index < -0.39 is 0 Å². The van der Waals surface area contributed by atoms with Crippen LogP contribution in [0.5, 0.6) is 0 Å². The molecule has 1 N–H and O–H groups in total. The van der Waals surface area contributed by atoms with E-state index in [4.69, 9.17) is 14.2 Å². The highest BCUT2D eigenvalue weighted by molar-refractivity contribution is 4.49. The lowest BCUT2D eigenvalue weighted by Crippen LogP contribution is -2.24. The van der Waals surface area contributed by atoms with Gasteiger partial charge in [-0.05, 0) is 12.5 Å². The van der Waals surface area contributed by atoms with Crippen molar-refractivity contribution in [2.75, 3.05) is 53.2 Å². The SMILES string of the molecule is COCCOCCOCCNCC(C)C. The quantitative estimate of drug-likeness (QED) is 0.524. The van der Waals surface area contributed by atoms with Crippen LogP contribution in [-0.4, -0.2) is 53.2 Å². The minimum Gasteiger partial charge on any atom is -0.382 e. The molecular formula is C11H25NO3. The summed E-state index contributed by atoms with van der Waals surface area (Å²) in [5.41, 5.74) is 0. The Morgan fingerprint density at radius 2 is 1.53 bits per heavy atom. The highest BCUT2D eigenvalue weighted by atomic mass is 16.5. The summed E-state index contributed by atoms with van der Waals surface area (Å²) in [5.74, 6) is 0.697. The summed E-state index contributed by atoms with van der Waals surface area (Å²) in [5, 5.41) is 3.31. The first-order chi connectivity index (χ1) is 7.27. The number of hydrogen-bond donors (Lipinski definition) is 1. The second-order valence-electron chi connectivity index (χ2n) is 3.82. The van der Waals surface area contributed by atoms with Crippen LogP contribution in [0.2, 0.25) is 0 Å². The first kappa shape index (κ1) is 14.8. The van der Waals surface area contributed by atoms with Crippen LogP contribution in [0.3, 0.4) is 0 Å². The standard InChI is InChI=1S/C11H25NO3/c1-11(2)10-12-4-5-14-8-9-15-7-6-13-3/h11-12H,4-10H2,1-3H3. The average molecular weight is 219 g/mol. The molecular weight excluding hydrogens is 194 g/mol. The van der Waals surface area contributed by atoms with Gasteiger partial charge in [-0.3, -0.25) is 0 Å². The lowest BCUT2D eigenvalue weighted by molar-refractivity contribution is 0.0255. The highest BCUT2D eigenvalue weighted by Gasteiger charge is 1.93. The van der Waals surface area contributed by atoms with Crippen LogP contribution in [0, 0.1) is 5.92 Å². The lowest BCUT2D eigenvalue weighted by atomic mass is 10.2. The second-order valence-corrected chi connectivity index (χ2v) is 3.82. The first-order valence-electron chi connectivity index (χ1n) is 5.62. The van der Waals surface area contributed by atoms with Gasteiger partial charge in [0.2, 0.25) is 0 Å². The molecule has 0 radical (unpaired) electrons. The van der Waals surface area contributed by atoms with Gasteiger partial charge in [0.1, 0.15) is 0 Å². The summed E-state index contributed by atoms with van der Waals surface area (Å²) < 4.78 is 15.5. The molecule has 0 unspecified atom stereocenters. The van der Waals surface area contributed by atoms with E-state index in [2.05, 4.69) is 19.2 Å². The Labute approximate surface area is 93.3 Å². The van der Waals surface area contributed by atoms with Gasteiger partial charge in [-0.1, -0.05) is 13.8 Å². The van der Waals surface area contributed by atoms with E-state index >= 15 is 0 Å². The van der Waals surface area contributed by atoms with Crippen LogP contribution < -0.4 is 5.32 Å².